The van der Waals surface area contributed by atoms with E-state index in [1.165, 1.54) is 24.3 Å². The van der Waals surface area contributed by atoms with E-state index in [0.717, 1.165) is 23.1 Å². The summed E-state index contributed by atoms with van der Waals surface area (Å²) in [5, 5.41) is 9.67. The highest BCUT2D eigenvalue weighted by molar-refractivity contribution is 7.90. The maximum Gasteiger partial charge on any atom is 0.175 e. The molecule has 0 saturated heterocycles. The predicted molar refractivity (Wildman–Crippen MR) is 105 cm³/mol. The largest absolute Gasteiger partial charge is 0.392 e. The first-order valence-electron chi connectivity index (χ1n) is 8.56. The molecule has 0 atom stereocenters. The van der Waals surface area contributed by atoms with E-state index < -0.39 is 9.84 Å². The zero-order valence-electron chi connectivity index (χ0n) is 15.0. The molecule has 0 spiro atoms. The van der Waals surface area contributed by atoms with Crippen LogP contribution in [0.3, 0.4) is 0 Å². The molecule has 0 fully saturated rings. The van der Waals surface area contributed by atoms with Gasteiger partial charge in [-0.15, -0.1) is 0 Å². The summed E-state index contributed by atoms with van der Waals surface area (Å²) in [6.07, 6.45) is 2.99. The third-order valence-corrected chi connectivity index (χ3v) is 5.70. The molecule has 142 valence electrons. The van der Waals surface area contributed by atoms with Crippen LogP contribution in [0, 0.1) is 5.82 Å². The maximum atomic E-state index is 13.4. The van der Waals surface area contributed by atoms with E-state index in [0.29, 0.717) is 16.9 Å². The summed E-state index contributed by atoms with van der Waals surface area (Å²) in [7, 11) is -3.30. The van der Waals surface area contributed by atoms with Crippen LogP contribution in [0.1, 0.15) is 5.56 Å². The van der Waals surface area contributed by atoms with Crippen molar-refractivity contribution in [1.82, 2.24) is 9.38 Å². The molecule has 2 heterocycles. The first kappa shape index (κ1) is 18.3. The van der Waals surface area contributed by atoms with Crippen molar-refractivity contribution < 1.29 is 17.9 Å². The zero-order chi connectivity index (χ0) is 19.9. The Morgan fingerprint density at radius 1 is 1.00 bits per heavy atom. The number of imidazole rings is 1. The summed E-state index contributed by atoms with van der Waals surface area (Å²) in [6, 6.07) is 16.1. The number of sulfone groups is 1. The number of halogens is 1. The minimum absolute atomic E-state index is 0.170. The molecule has 0 aliphatic heterocycles. The van der Waals surface area contributed by atoms with Crippen molar-refractivity contribution in [1.29, 1.82) is 0 Å². The molecule has 4 aromatic rings. The molecular weight excluding hydrogens is 379 g/mol. The van der Waals surface area contributed by atoms with E-state index in [-0.39, 0.29) is 17.3 Å². The van der Waals surface area contributed by atoms with Gasteiger partial charge in [0.25, 0.3) is 0 Å². The lowest BCUT2D eigenvalue weighted by molar-refractivity contribution is 0.282. The second kappa shape index (κ2) is 6.85. The monoisotopic (exact) mass is 396 g/mol. The average Bonchev–Trinajstić information content (AvgIpc) is 3.07. The average molecular weight is 396 g/mol. The standard InChI is InChI=1S/C21H17FN2O3S/c1-28(26,27)18-10-6-14(7-11-18)19-20(15-4-8-17(22)9-5-15)24-12-2-3-16(13-25)21(24)23-19/h2-12,25H,13H2,1H3. The highest BCUT2D eigenvalue weighted by Crippen LogP contribution is 2.34. The molecule has 4 rings (SSSR count). The second-order valence-electron chi connectivity index (χ2n) is 6.50. The van der Waals surface area contributed by atoms with Crippen molar-refractivity contribution >= 4 is 15.5 Å². The number of benzene rings is 2. The Bertz CT molecular complexity index is 1260. The van der Waals surface area contributed by atoms with Gasteiger partial charge < -0.3 is 5.11 Å². The minimum atomic E-state index is -3.30. The predicted octanol–water partition coefficient (Wildman–Crippen LogP) is 3.70. The SMILES string of the molecule is CS(=O)(=O)c1ccc(-c2nc3c(CO)cccn3c2-c2ccc(F)cc2)cc1. The first-order chi connectivity index (χ1) is 13.4. The third-order valence-electron chi connectivity index (χ3n) is 4.57. The van der Waals surface area contributed by atoms with Crippen LogP contribution in [0.2, 0.25) is 0 Å². The van der Waals surface area contributed by atoms with Crippen molar-refractivity contribution in [3.05, 3.63) is 78.2 Å². The van der Waals surface area contributed by atoms with Crippen molar-refractivity contribution in [2.45, 2.75) is 11.5 Å². The van der Waals surface area contributed by atoms with Gasteiger partial charge in [0.05, 0.1) is 22.9 Å². The number of pyridine rings is 1. The second-order valence-corrected chi connectivity index (χ2v) is 8.51. The highest BCUT2D eigenvalue weighted by Gasteiger charge is 2.18. The fraction of sp³-hybridized carbons (Fsp3) is 0.0952. The van der Waals surface area contributed by atoms with Gasteiger partial charge in [-0.2, -0.15) is 0 Å². The quantitative estimate of drug-likeness (QED) is 0.571. The van der Waals surface area contributed by atoms with Crippen molar-refractivity contribution in [3.8, 4) is 22.5 Å². The van der Waals surface area contributed by atoms with Gasteiger partial charge in [-0.05, 0) is 42.5 Å². The molecule has 5 nitrogen and oxygen atoms in total. The molecule has 0 unspecified atom stereocenters. The van der Waals surface area contributed by atoms with E-state index in [9.17, 15) is 17.9 Å². The van der Waals surface area contributed by atoms with Crippen molar-refractivity contribution in [3.63, 3.8) is 0 Å². The molecule has 0 aliphatic carbocycles. The van der Waals surface area contributed by atoms with Crippen LogP contribution >= 0.6 is 0 Å². The van der Waals surface area contributed by atoms with Gasteiger partial charge in [0.15, 0.2) is 9.84 Å². The number of aliphatic hydroxyl groups excluding tert-OH is 1. The van der Waals surface area contributed by atoms with Crippen LogP contribution in [0.15, 0.2) is 71.8 Å². The van der Waals surface area contributed by atoms with Gasteiger partial charge >= 0.3 is 0 Å². The maximum absolute atomic E-state index is 13.4. The Morgan fingerprint density at radius 3 is 2.25 bits per heavy atom. The van der Waals surface area contributed by atoms with Gasteiger partial charge in [0, 0.05) is 29.1 Å². The number of hydrogen-bond donors (Lipinski definition) is 1. The summed E-state index contributed by atoms with van der Waals surface area (Å²) >= 11 is 0. The fourth-order valence-corrected chi connectivity index (χ4v) is 3.82. The van der Waals surface area contributed by atoms with Crippen LogP contribution in [-0.4, -0.2) is 29.2 Å². The molecule has 0 bridgehead atoms. The number of fused-ring (bicyclic) bond motifs is 1. The fourth-order valence-electron chi connectivity index (χ4n) is 3.19. The highest BCUT2D eigenvalue weighted by atomic mass is 32.2. The molecular formula is C21H17FN2O3S. The summed E-state index contributed by atoms with van der Waals surface area (Å²) in [5.74, 6) is -0.340. The summed E-state index contributed by atoms with van der Waals surface area (Å²) < 4.78 is 38.8. The van der Waals surface area contributed by atoms with Gasteiger partial charge in [-0.3, -0.25) is 4.40 Å². The van der Waals surface area contributed by atoms with Crippen LogP contribution in [0.5, 0.6) is 0 Å². The van der Waals surface area contributed by atoms with E-state index in [1.54, 1.807) is 30.3 Å². The summed E-state index contributed by atoms with van der Waals surface area (Å²) in [4.78, 5) is 4.93. The Hall–Kier alpha value is -3.03. The number of aliphatic hydroxyl groups is 1. The number of rotatable bonds is 4. The van der Waals surface area contributed by atoms with Crippen LogP contribution < -0.4 is 0 Å². The lowest BCUT2D eigenvalue weighted by Gasteiger charge is -2.07. The first-order valence-corrected chi connectivity index (χ1v) is 10.4. The van der Waals surface area contributed by atoms with Gasteiger partial charge in [-0.25, -0.2) is 17.8 Å². The van der Waals surface area contributed by atoms with E-state index in [4.69, 9.17) is 4.98 Å². The van der Waals surface area contributed by atoms with E-state index >= 15 is 0 Å². The van der Waals surface area contributed by atoms with Gasteiger partial charge in [0.2, 0.25) is 0 Å². The van der Waals surface area contributed by atoms with Gasteiger partial charge in [-0.1, -0.05) is 18.2 Å². The van der Waals surface area contributed by atoms with E-state index in [1.807, 2.05) is 16.7 Å². The topological polar surface area (TPSA) is 71.7 Å². The Morgan fingerprint density at radius 2 is 1.64 bits per heavy atom. The molecule has 2 aromatic carbocycles. The lowest BCUT2D eigenvalue weighted by atomic mass is 10.0. The lowest BCUT2D eigenvalue weighted by Crippen LogP contribution is -1.96. The number of hydrogen-bond acceptors (Lipinski definition) is 4. The number of nitrogens with zero attached hydrogens (tertiary/aromatic N) is 2. The van der Waals surface area contributed by atoms with Crippen LogP contribution in [0.25, 0.3) is 28.2 Å². The van der Waals surface area contributed by atoms with Crippen molar-refractivity contribution in [2.75, 3.05) is 6.26 Å². The molecule has 0 aliphatic rings. The number of aromatic nitrogens is 2. The molecule has 0 radical (unpaired) electrons. The van der Waals surface area contributed by atoms with Crippen LogP contribution in [0.4, 0.5) is 4.39 Å². The molecule has 2 aromatic heterocycles. The normalized spacial score (nSPS) is 11.8. The molecule has 7 heteroatoms. The Balaban J connectivity index is 1.99. The molecule has 0 saturated carbocycles. The summed E-state index contributed by atoms with van der Waals surface area (Å²) in [6.45, 7) is -0.170. The van der Waals surface area contributed by atoms with Crippen LogP contribution in [-0.2, 0) is 16.4 Å². The third kappa shape index (κ3) is 3.19. The smallest absolute Gasteiger partial charge is 0.175 e. The van der Waals surface area contributed by atoms with Gasteiger partial charge in [0.1, 0.15) is 11.5 Å². The van der Waals surface area contributed by atoms with E-state index in [2.05, 4.69) is 0 Å². The Labute approximate surface area is 161 Å². The zero-order valence-corrected chi connectivity index (χ0v) is 15.8. The minimum Gasteiger partial charge on any atom is -0.392 e. The molecule has 0 amide bonds. The Kier molecular flexibility index (Phi) is 4.49. The summed E-state index contributed by atoms with van der Waals surface area (Å²) in [5.41, 5.74) is 4.08. The molecule has 1 N–H and O–H groups in total. The molecule has 28 heavy (non-hydrogen) atoms. The van der Waals surface area contributed by atoms with Crippen molar-refractivity contribution in [2.24, 2.45) is 0 Å².